The molecule has 1 aliphatic heterocycles. The molecule has 0 radical (unpaired) electrons. The van der Waals surface area contributed by atoms with Crippen molar-refractivity contribution < 1.29 is 31.6 Å². The van der Waals surface area contributed by atoms with E-state index in [0.717, 1.165) is 6.07 Å². The molecule has 2 N–H and O–H groups in total. The number of aryl methyl sites for hydroxylation is 1. The van der Waals surface area contributed by atoms with Gasteiger partial charge in [-0.05, 0) is 49.4 Å². The highest BCUT2D eigenvalue weighted by Gasteiger charge is 2.27. The molecule has 3 aromatic rings. The fourth-order valence-corrected chi connectivity index (χ4v) is 4.90. The Labute approximate surface area is 195 Å². The molecule has 2 heterocycles. The summed E-state index contributed by atoms with van der Waals surface area (Å²) < 4.78 is 51.6. The van der Waals surface area contributed by atoms with Crippen LogP contribution >= 0.6 is 0 Å². The molecule has 0 saturated carbocycles. The van der Waals surface area contributed by atoms with Crippen LogP contribution in [0.2, 0.25) is 0 Å². The van der Waals surface area contributed by atoms with E-state index in [2.05, 4.69) is 10.6 Å². The molecule has 1 fully saturated rings. The number of furan rings is 1. The van der Waals surface area contributed by atoms with E-state index in [9.17, 15) is 22.4 Å². The summed E-state index contributed by atoms with van der Waals surface area (Å²) in [6, 6.07) is 10.8. The van der Waals surface area contributed by atoms with Crippen LogP contribution in [0.15, 0.2) is 64.1 Å². The molecule has 0 unspecified atom stereocenters. The Balaban J connectivity index is 1.51. The Hall–Kier alpha value is -3.54. The molecule has 1 saturated heterocycles. The van der Waals surface area contributed by atoms with Crippen LogP contribution in [-0.4, -0.2) is 50.8 Å². The van der Waals surface area contributed by atoms with E-state index in [0.29, 0.717) is 19.0 Å². The second kappa shape index (κ2) is 9.75. The quantitative estimate of drug-likeness (QED) is 0.551. The second-order valence-electron chi connectivity index (χ2n) is 7.54. The summed E-state index contributed by atoms with van der Waals surface area (Å²) in [5.74, 6) is -1.45. The fourth-order valence-electron chi connectivity index (χ4n) is 3.45. The summed E-state index contributed by atoms with van der Waals surface area (Å²) in [4.78, 5) is 25.1. The topological polar surface area (TPSA) is 118 Å². The number of anilines is 2. The van der Waals surface area contributed by atoms with Crippen molar-refractivity contribution in [2.45, 2.75) is 11.8 Å². The molecule has 1 aliphatic rings. The minimum Gasteiger partial charge on any atom is -0.469 e. The molecular formula is C23H22FN3O6S. The van der Waals surface area contributed by atoms with Gasteiger partial charge in [0.2, 0.25) is 10.0 Å². The lowest BCUT2D eigenvalue weighted by molar-refractivity contribution is 0.0730. The summed E-state index contributed by atoms with van der Waals surface area (Å²) >= 11 is 0. The summed E-state index contributed by atoms with van der Waals surface area (Å²) in [6.07, 6.45) is 1.35. The summed E-state index contributed by atoms with van der Waals surface area (Å²) in [7, 11) is -3.77. The van der Waals surface area contributed by atoms with E-state index in [-0.39, 0.29) is 40.5 Å². The number of halogens is 1. The fraction of sp³-hybridized carbons (Fsp3) is 0.217. The van der Waals surface area contributed by atoms with Gasteiger partial charge in [0.25, 0.3) is 11.8 Å². The first-order valence-corrected chi connectivity index (χ1v) is 11.8. The van der Waals surface area contributed by atoms with Gasteiger partial charge < -0.3 is 19.8 Å². The smallest absolute Gasteiger partial charge is 0.259 e. The first-order valence-electron chi connectivity index (χ1n) is 10.4. The molecular weight excluding hydrogens is 465 g/mol. The van der Waals surface area contributed by atoms with E-state index >= 15 is 0 Å². The SMILES string of the molecule is Cc1occc1C(=O)Nc1cc(NC(=O)c2cccc(S(=O)(=O)N3CCOCC3)c2)ccc1F. The monoisotopic (exact) mass is 487 g/mol. The lowest BCUT2D eigenvalue weighted by Gasteiger charge is -2.26. The van der Waals surface area contributed by atoms with Gasteiger partial charge in [-0.3, -0.25) is 9.59 Å². The number of rotatable bonds is 6. The number of carbonyl (C=O) groups excluding carboxylic acids is 2. The Bertz CT molecular complexity index is 1330. The van der Waals surface area contributed by atoms with Crippen LogP contribution in [0.3, 0.4) is 0 Å². The molecule has 2 aromatic carbocycles. The van der Waals surface area contributed by atoms with E-state index in [1.165, 1.54) is 53.0 Å². The third-order valence-electron chi connectivity index (χ3n) is 5.28. The van der Waals surface area contributed by atoms with Gasteiger partial charge in [0, 0.05) is 24.3 Å². The number of nitrogens with zero attached hydrogens (tertiary/aromatic N) is 1. The zero-order valence-electron chi connectivity index (χ0n) is 18.2. The Morgan fingerprint density at radius 3 is 2.47 bits per heavy atom. The Morgan fingerprint density at radius 1 is 1.00 bits per heavy atom. The van der Waals surface area contributed by atoms with Crippen molar-refractivity contribution in [3.05, 3.63) is 77.5 Å². The molecule has 9 nitrogen and oxygen atoms in total. The van der Waals surface area contributed by atoms with Crippen LogP contribution in [0.1, 0.15) is 26.5 Å². The number of sulfonamides is 1. The van der Waals surface area contributed by atoms with Gasteiger partial charge >= 0.3 is 0 Å². The van der Waals surface area contributed by atoms with E-state index in [1.807, 2.05) is 0 Å². The Kier molecular flexibility index (Phi) is 6.77. The maximum absolute atomic E-state index is 14.3. The first-order chi connectivity index (χ1) is 16.3. The summed E-state index contributed by atoms with van der Waals surface area (Å²) in [5, 5.41) is 5.05. The highest BCUT2D eigenvalue weighted by Crippen LogP contribution is 2.23. The van der Waals surface area contributed by atoms with Gasteiger partial charge in [-0.25, -0.2) is 12.8 Å². The Morgan fingerprint density at radius 2 is 1.76 bits per heavy atom. The van der Waals surface area contributed by atoms with Gasteiger partial charge in [0.1, 0.15) is 11.6 Å². The standard InChI is InChI=1S/C23H22FN3O6S/c1-15-19(7-10-33-15)23(29)26-21-14-17(5-6-20(21)24)25-22(28)16-3-2-4-18(13-16)34(30,31)27-8-11-32-12-9-27/h2-7,10,13-14H,8-9,11-12H2,1H3,(H,25,28)(H,26,29). The van der Waals surface area contributed by atoms with E-state index in [1.54, 1.807) is 6.92 Å². The summed E-state index contributed by atoms with van der Waals surface area (Å²) in [5.41, 5.74) is 0.449. The van der Waals surface area contributed by atoms with E-state index in [4.69, 9.17) is 9.15 Å². The van der Waals surface area contributed by atoms with Crippen LogP contribution in [0.4, 0.5) is 15.8 Å². The number of hydrogen-bond acceptors (Lipinski definition) is 6. The predicted molar refractivity (Wildman–Crippen MR) is 122 cm³/mol. The second-order valence-corrected chi connectivity index (χ2v) is 9.48. The number of nitrogens with one attached hydrogen (secondary N) is 2. The largest absolute Gasteiger partial charge is 0.469 e. The number of carbonyl (C=O) groups is 2. The first kappa shape index (κ1) is 23.6. The average Bonchev–Trinajstić information content (AvgIpc) is 3.28. The molecule has 178 valence electrons. The third kappa shape index (κ3) is 5.01. The third-order valence-corrected chi connectivity index (χ3v) is 7.17. The number of morpholine rings is 1. The summed E-state index contributed by atoms with van der Waals surface area (Å²) in [6.45, 7) is 2.70. The van der Waals surface area contributed by atoms with Crippen molar-refractivity contribution >= 4 is 33.2 Å². The van der Waals surface area contributed by atoms with Crippen molar-refractivity contribution in [1.82, 2.24) is 4.31 Å². The van der Waals surface area contributed by atoms with Crippen LogP contribution < -0.4 is 10.6 Å². The molecule has 2 amide bonds. The van der Waals surface area contributed by atoms with Crippen molar-refractivity contribution in [3.63, 3.8) is 0 Å². The predicted octanol–water partition coefficient (Wildman–Crippen LogP) is 3.25. The molecule has 4 rings (SSSR count). The van der Waals surface area contributed by atoms with Gasteiger partial charge in [-0.2, -0.15) is 4.31 Å². The lowest BCUT2D eigenvalue weighted by Crippen LogP contribution is -2.40. The normalized spacial score (nSPS) is 14.5. The van der Waals surface area contributed by atoms with Gasteiger partial charge in [0.05, 0.1) is 35.6 Å². The number of benzene rings is 2. The molecule has 0 bridgehead atoms. The molecule has 0 aliphatic carbocycles. The lowest BCUT2D eigenvalue weighted by atomic mass is 10.2. The van der Waals surface area contributed by atoms with Crippen molar-refractivity contribution in [3.8, 4) is 0 Å². The zero-order valence-corrected chi connectivity index (χ0v) is 19.0. The van der Waals surface area contributed by atoms with Crippen LogP contribution in [0.5, 0.6) is 0 Å². The minimum absolute atomic E-state index is 0.00964. The molecule has 0 atom stereocenters. The zero-order chi connectivity index (χ0) is 24.3. The van der Waals surface area contributed by atoms with Crippen molar-refractivity contribution in [2.75, 3.05) is 36.9 Å². The van der Waals surface area contributed by atoms with Crippen molar-refractivity contribution in [1.29, 1.82) is 0 Å². The minimum atomic E-state index is -3.77. The highest BCUT2D eigenvalue weighted by atomic mass is 32.2. The number of ether oxygens (including phenoxy) is 1. The molecule has 11 heteroatoms. The van der Waals surface area contributed by atoms with Crippen LogP contribution in [-0.2, 0) is 14.8 Å². The average molecular weight is 488 g/mol. The van der Waals surface area contributed by atoms with Crippen LogP contribution in [0.25, 0.3) is 0 Å². The highest BCUT2D eigenvalue weighted by molar-refractivity contribution is 7.89. The number of amides is 2. The molecule has 1 aromatic heterocycles. The van der Waals surface area contributed by atoms with Gasteiger partial charge in [-0.1, -0.05) is 6.07 Å². The maximum Gasteiger partial charge on any atom is 0.259 e. The van der Waals surface area contributed by atoms with Crippen molar-refractivity contribution in [2.24, 2.45) is 0 Å². The number of hydrogen-bond donors (Lipinski definition) is 2. The molecule has 0 spiro atoms. The van der Waals surface area contributed by atoms with E-state index < -0.39 is 27.7 Å². The van der Waals surface area contributed by atoms with Crippen LogP contribution in [0, 0.1) is 12.7 Å². The molecule has 34 heavy (non-hydrogen) atoms. The van der Waals surface area contributed by atoms with Gasteiger partial charge in [-0.15, -0.1) is 0 Å². The van der Waals surface area contributed by atoms with Gasteiger partial charge in [0.15, 0.2) is 0 Å². The maximum atomic E-state index is 14.3.